The maximum Gasteiger partial charge on any atom is 0.389 e. The maximum atomic E-state index is 12.4. The van der Waals surface area contributed by atoms with E-state index in [1.165, 1.54) is 20.8 Å². The molecule has 0 amide bonds. The molecule has 130 valence electrons. The lowest BCUT2D eigenvalue weighted by atomic mass is 9.85. The summed E-state index contributed by atoms with van der Waals surface area (Å²) in [7, 11) is 0. The van der Waals surface area contributed by atoms with Gasteiger partial charge in [0, 0.05) is 6.42 Å². The predicted molar refractivity (Wildman–Crippen MR) is 71.0 cm³/mol. The van der Waals surface area contributed by atoms with E-state index in [0.717, 1.165) is 0 Å². The van der Waals surface area contributed by atoms with E-state index in [1.807, 2.05) is 0 Å². The molecule has 0 aliphatic rings. The molecular weight excluding hydrogens is 308 g/mol. The number of hydrogen-bond acceptors (Lipinski definition) is 3. The molecule has 0 bridgehead atoms. The predicted octanol–water partition coefficient (Wildman–Crippen LogP) is 3.74. The van der Waals surface area contributed by atoms with Crippen LogP contribution >= 0.6 is 0 Å². The van der Waals surface area contributed by atoms with Gasteiger partial charge in [0.2, 0.25) is 0 Å². The topological polar surface area (TPSA) is 63.6 Å². The number of aliphatic carboxylic acids is 1. The number of rotatable bonds is 8. The minimum atomic E-state index is -4.51. The van der Waals surface area contributed by atoms with Gasteiger partial charge in [-0.05, 0) is 40.0 Å². The fourth-order valence-corrected chi connectivity index (χ4v) is 1.97. The molecule has 0 fully saturated rings. The average molecular weight is 330 g/mol. The second kappa shape index (κ2) is 8.33. The number of hydrogen-bond donors (Lipinski definition) is 1. The van der Waals surface area contributed by atoms with Crippen LogP contribution in [0.2, 0.25) is 0 Å². The van der Waals surface area contributed by atoms with Crippen molar-refractivity contribution in [1.82, 2.24) is 0 Å². The molecule has 0 spiro atoms. The van der Waals surface area contributed by atoms with Gasteiger partial charge < -0.3 is 9.84 Å². The lowest BCUT2D eigenvalue weighted by Crippen LogP contribution is -2.36. The van der Waals surface area contributed by atoms with Crippen LogP contribution in [0.15, 0.2) is 0 Å². The van der Waals surface area contributed by atoms with Crippen molar-refractivity contribution in [3.63, 3.8) is 0 Å². The first-order valence-electron chi connectivity index (χ1n) is 6.96. The Balaban J connectivity index is 5.18. The van der Waals surface area contributed by atoms with Crippen LogP contribution in [0.5, 0.6) is 0 Å². The Morgan fingerprint density at radius 1 is 1.09 bits per heavy atom. The van der Waals surface area contributed by atoms with Crippen molar-refractivity contribution in [2.75, 3.05) is 6.67 Å². The van der Waals surface area contributed by atoms with Gasteiger partial charge in [-0.1, -0.05) is 0 Å². The van der Waals surface area contributed by atoms with Crippen LogP contribution in [-0.4, -0.2) is 35.5 Å². The molecule has 8 heteroatoms. The highest BCUT2D eigenvalue weighted by Crippen LogP contribution is 2.31. The molecular formula is C14H22F4O4. The molecule has 0 saturated carbocycles. The second-order valence-electron chi connectivity index (χ2n) is 6.07. The normalized spacial score (nSPS) is 15.2. The van der Waals surface area contributed by atoms with E-state index >= 15 is 0 Å². The summed E-state index contributed by atoms with van der Waals surface area (Å²) in [5, 5.41) is 9.14. The summed E-state index contributed by atoms with van der Waals surface area (Å²) < 4.78 is 54.4. The maximum absolute atomic E-state index is 12.4. The summed E-state index contributed by atoms with van der Waals surface area (Å²) in [5.41, 5.74) is -0.948. The van der Waals surface area contributed by atoms with Gasteiger partial charge in [0.15, 0.2) is 0 Å². The molecule has 0 saturated heterocycles. The smallest absolute Gasteiger partial charge is 0.389 e. The monoisotopic (exact) mass is 330 g/mol. The van der Waals surface area contributed by atoms with E-state index in [-0.39, 0.29) is 12.8 Å². The number of carbonyl (C=O) groups is 2. The fraction of sp³-hybridized carbons (Fsp3) is 0.857. The number of carboxylic acid groups (broad SMARTS) is 1. The Bertz CT molecular complexity index is 374. The second-order valence-corrected chi connectivity index (χ2v) is 6.07. The van der Waals surface area contributed by atoms with Crippen molar-refractivity contribution in [2.45, 2.75) is 58.2 Å². The summed E-state index contributed by atoms with van der Waals surface area (Å²) in [6, 6.07) is 0. The molecule has 22 heavy (non-hydrogen) atoms. The Kier molecular flexibility index (Phi) is 7.83. The van der Waals surface area contributed by atoms with Gasteiger partial charge in [-0.2, -0.15) is 13.2 Å². The highest BCUT2D eigenvalue weighted by molar-refractivity contribution is 5.81. The van der Waals surface area contributed by atoms with Gasteiger partial charge in [-0.3, -0.25) is 14.0 Å². The lowest BCUT2D eigenvalue weighted by Gasteiger charge is -2.27. The zero-order chi connectivity index (χ0) is 17.6. The van der Waals surface area contributed by atoms with Crippen molar-refractivity contribution in [3.8, 4) is 0 Å². The van der Waals surface area contributed by atoms with Crippen LogP contribution in [0.4, 0.5) is 17.6 Å². The van der Waals surface area contributed by atoms with E-state index in [1.54, 1.807) is 0 Å². The Hall–Kier alpha value is -1.34. The Labute approximate surface area is 126 Å². The summed E-state index contributed by atoms with van der Waals surface area (Å²) >= 11 is 0. The zero-order valence-electron chi connectivity index (χ0n) is 12.9. The van der Waals surface area contributed by atoms with E-state index in [0.29, 0.717) is 0 Å². The molecule has 0 heterocycles. The van der Waals surface area contributed by atoms with Gasteiger partial charge in [-0.15, -0.1) is 0 Å². The lowest BCUT2D eigenvalue weighted by molar-refractivity contribution is -0.171. The van der Waals surface area contributed by atoms with Gasteiger partial charge in [0.25, 0.3) is 0 Å². The first-order valence-corrected chi connectivity index (χ1v) is 6.96. The SMILES string of the molecule is CC(C)(C)OC(=O)C(CCC(F)(F)F)C(CCCF)C(=O)O. The van der Waals surface area contributed by atoms with Crippen molar-refractivity contribution in [3.05, 3.63) is 0 Å². The van der Waals surface area contributed by atoms with Crippen LogP contribution in [-0.2, 0) is 14.3 Å². The first-order chi connectivity index (χ1) is 9.87. The van der Waals surface area contributed by atoms with Crippen molar-refractivity contribution < 1.29 is 37.0 Å². The molecule has 0 radical (unpaired) electrons. The Morgan fingerprint density at radius 2 is 1.64 bits per heavy atom. The zero-order valence-corrected chi connectivity index (χ0v) is 12.9. The van der Waals surface area contributed by atoms with E-state index < -0.39 is 55.1 Å². The molecule has 0 aliphatic heterocycles. The van der Waals surface area contributed by atoms with Crippen molar-refractivity contribution in [1.29, 1.82) is 0 Å². The first kappa shape index (κ1) is 20.7. The van der Waals surface area contributed by atoms with E-state index in [9.17, 15) is 27.2 Å². The van der Waals surface area contributed by atoms with Crippen molar-refractivity contribution >= 4 is 11.9 Å². The highest BCUT2D eigenvalue weighted by Gasteiger charge is 2.39. The van der Waals surface area contributed by atoms with Gasteiger partial charge in [0.1, 0.15) is 5.60 Å². The fourth-order valence-electron chi connectivity index (χ4n) is 1.97. The minimum absolute atomic E-state index is 0.137. The number of esters is 1. The summed E-state index contributed by atoms with van der Waals surface area (Å²) in [6.45, 7) is 3.79. The highest BCUT2D eigenvalue weighted by atomic mass is 19.4. The van der Waals surface area contributed by atoms with Gasteiger partial charge in [0.05, 0.1) is 18.5 Å². The van der Waals surface area contributed by atoms with Crippen LogP contribution in [0.25, 0.3) is 0 Å². The largest absolute Gasteiger partial charge is 0.481 e. The number of ether oxygens (including phenoxy) is 1. The molecule has 1 N–H and O–H groups in total. The molecule has 2 unspecified atom stereocenters. The van der Waals surface area contributed by atoms with Gasteiger partial charge >= 0.3 is 18.1 Å². The number of halogens is 4. The van der Waals surface area contributed by atoms with E-state index in [4.69, 9.17) is 9.84 Å². The summed E-state index contributed by atoms with van der Waals surface area (Å²) in [5.74, 6) is -5.27. The number of alkyl halides is 4. The number of carbonyl (C=O) groups excluding carboxylic acids is 1. The quantitative estimate of drug-likeness (QED) is 0.544. The molecule has 0 aliphatic carbocycles. The standard InChI is InChI=1S/C14H22F4O4/c1-13(2,3)22-12(21)10(6-7-14(16,17)18)9(11(19)20)5-4-8-15/h9-10H,4-8H2,1-3H3,(H,19,20). The van der Waals surface area contributed by atoms with Gasteiger partial charge in [-0.25, -0.2) is 0 Å². The van der Waals surface area contributed by atoms with Crippen LogP contribution in [0.1, 0.15) is 46.5 Å². The number of carboxylic acids is 1. The third-order valence-corrected chi connectivity index (χ3v) is 2.90. The molecule has 2 atom stereocenters. The summed E-state index contributed by atoms with van der Waals surface area (Å²) in [6.07, 6.45) is -6.85. The minimum Gasteiger partial charge on any atom is -0.481 e. The third kappa shape index (κ3) is 8.84. The molecule has 0 aromatic carbocycles. The summed E-state index contributed by atoms with van der Waals surface area (Å²) in [4.78, 5) is 23.3. The molecule has 0 aromatic heterocycles. The van der Waals surface area contributed by atoms with Crippen molar-refractivity contribution in [2.24, 2.45) is 11.8 Å². The molecule has 0 rings (SSSR count). The molecule has 4 nitrogen and oxygen atoms in total. The third-order valence-electron chi connectivity index (χ3n) is 2.90. The van der Waals surface area contributed by atoms with E-state index in [2.05, 4.69) is 0 Å². The van der Waals surface area contributed by atoms with Crippen LogP contribution < -0.4 is 0 Å². The molecule has 0 aromatic rings. The average Bonchev–Trinajstić information content (AvgIpc) is 2.28. The Morgan fingerprint density at radius 3 is 2.00 bits per heavy atom. The van der Waals surface area contributed by atoms with Crippen LogP contribution in [0, 0.1) is 11.8 Å². The van der Waals surface area contributed by atoms with Crippen LogP contribution in [0.3, 0.4) is 0 Å².